The molecule has 0 N–H and O–H groups in total. The number of fused-ring (bicyclic) bond motifs is 1. The molecular weight excluding hydrogens is 322 g/mol. The summed E-state index contributed by atoms with van der Waals surface area (Å²) in [6, 6.07) is 19.7. The van der Waals surface area contributed by atoms with E-state index < -0.39 is 0 Å². The third-order valence-corrected chi connectivity index (χ3v) is 7.23. The number of hydrogen-bond acceptors (Lipinski definition) is 3. The minimum Gasteiger partial charge on any atom is -0.472 e. The van der Waals surface area contributed by atoms with Crippen LogP contribution in [-0.2, 0) is 10.5 Å². The number of benzene rings is 2. The summed E-state index contributed by atoms with van der Waals surface area (Å²) < 4.78 is 13.5. The van der Waals surface area contributed by atoms with Crippen molar-refractivity contribution in [1.29, 1.82) is 0 Å². The predicted molar refractivity (Wildman–Crippen MR) is 99.9 cm³/mol. The fourth-order valence-corrected chi connectivity index (χ4v) is 6.31. The lowest BCUT2D eigenvalue weighted by atomic mass is 9.62. The molecule has 4 atom stereocenters. The molecule has 3 nitrogen and oxygen atoms in total. The van der Waals surface area contributed by atoms with Crippen LogP contribution >= 0.6 is 0 Å². The first-order valence-electron chi connectivity index (χ1n) is 10.1. The van der Waals surface area contributed by atoms with Crippen molar-refractivity contribution in [2.75, 3.05) is 13.2 Å². The minimum atomic E-state index is -0.316. The van der Waals surface area contributed by atoms with E-state index in [1.165, 1.54) is 30.4 Å². The summed E-state index contributed by atoms with van der Waals surface area (Å²) in [6.45, 7) is 1.78. The first-order chi connectivity index (χ1) is 12.8. The number of piperidine rings is 1. The highest BCUT2D eigenvalue weighted by molar-refractivity contribution is 5.44. The van der Waals surface area contributed by atoms with Crippen molar-refractivity contribution in [2.45, 2.75) is 49.5 Å². The highest BCUT2D eigenvalue weighted by atomic mass is 16.6. The molecule has 0 radical (unpaired) electrons. The van der Waals surface area contributed by atoms with Gasteiger partial charge in [-0.25, -0.2) is 4.90 Å². The van der Waals surface area contributed by atoms with Crippen molar-refractivity contribution in [2.24, 2.45) is 5.92 Å². The minimum absolute atomic E-state index is 0.206. The molecule has 26 heavy (non-hydrogen) atoms. The van der Waals surface area contributed by atoms with Crippen LogP contribution in [0.5, 0.6) is 5.75 Å². The lowest BCUT2D eigenvalue weighted by molar-refractivity contribution is -0.281. The largest absolute Gasteiger partial charge is 0.472 e. The van der Waals surface area contributed by atoms with Crippen LogP contribution in [0.15, 0.2) is 54.6 Å². The van der Waals surface area contributed by atoms with Gasteiger partial charge >= 0.3 is 0 Å². The molecule has 1 spiro atoms. The van der Waals surface area contributed by atoms with E-state index in [0.29, 0.717) is 11.8 Å². The van der Waals surface area contributed by atoms with E-state index in [9.17, 15) is 0 Å². The van der Waals surface area contributed by atoms with Crippen LogP contribution in [0, 0.1) is 5.92 Å². The number of hydrogen-bond donors (Lipinski definition) is 0. The van der Waals surface area contributed by atoms with Crippen molar-refractivity contribution in [1.82, 2.24) is 4.90 Å². The van der Waals surface area contributed by atoms with Gasteiger partial charge in [0.15, 0.2) is 11.4 Å². The number of para-hydroxylation sites is 1. The first kappa shape index (κ1) is 15.2. The smallest absolute Gasteiger partial charge is 0.169 e. The van der Waals surface area contributed by atoms with E-state index in [4.69, 9.17) is 9.47 Å². The average Bonchev–Trinajstić information content (AvgIpc) is 3.15. The Kier molecular flexibility index (Phi) is 3.13. The predicted octanol–water partition coefficient (Wildman–Crippen LogP) is 4.64. The van der Waals surface area contributed by atoms with Crippen LogP contribution in [0.1, 0.15) is 49.1 Å². The maximum atomic E-state index is 6.90. The Morgan fingerprint density at radius 1 is 0.962 bits per heavy atom. The second kappa shape index (κ2) is 5.34. The highest BCUT2D eigenvalue weighted by Crippen LogP contribution is 2.64. The lowest BCUT2D eigenvalue weighted by Gasteiger charge is -2.63. The molecule has 0 unspecified atom stereocenters. The molecule has 3 heteroatoms. The Morgan fingerprint density at radius 2 is 1.81 bits per heavy atom. The topological polar surface area (TPSA) is 21.7 Å². The SMILES string of the molecule is c1ccc([C@@H]2C[C@]34OCCN3[C@]3(CCCC[C@H]23)Oc2ccccc24)cc1. The van der Waals surface area contributed by atoms with Crippen LogP contribution in [0.3, 0.4) is 0 Å². The third-order valence-electron chi connectivity index (χ3n) is 7.23. The summed E-state index contributed by atoms with van der Waals surface area (Å²) in [5.74, 6) is 2.06. The summed E-state index contributed by atoms with van der Waals surface area (Å²) in [6.07, 6.45) is 5.94. The fourth-order valence-electron chi connectivity index (χ4n) is 6.31. The molecule has 2 aromatic carbocycles. The van der Waals surface area contributed by atoms with E-state index >= 15 is 0 Å². The molecule has 1 aliphatic carbocycles. The molecule has 2 bridgehead atoms. The van der Waals surface area contributed by atoms with Crippen molar-refractivity contribution in [3.8, 4) is 5.75 Å². The van der Waals surface area contributed by atoms with Crippen molar-refractivity contribution in [3.63, 3.8) is 0 Å². The maximum Gasteiger partial charge on any atom is 0.169 e. The van der Waals surface area contributed by atoms with E-state index in [2.05, 4.69) is 59.5 Å². The Bertz CT molecular complexity index is 837. The Morgan fingerprint density at radius 3 is 2.73 bits per heavy atom. The van der Waals surface area contributed by atoms with Crippen molar-refractivity contribution in [3.05, 3.63) is 65.7 Å². The van der Waals surface area contributed by atoms with Gasteiger partial charge in [0.25, 0.3) is 0 Å². The van der Waals surface area contributed by atoms with Gasteiger partial charge in [-0.15, -0.1) is 0 Å². The van der Waals surface area contributed by atoms with Gasteiger partial charge < -0.3 is 9.47 Å². The summed E-state index contributed by atoms with van der Waals surface area (Å²) >= 11 is 0. The van der Waals surface area contributed by atoms with E-state index in [1.54, 1.807) is 0 Å². The lowest BCUT2D eigenvalue weighted by Crippen LogP contribution is -2.71. The Labute approximate surface area is 154 Å². The molecule has 3 heterocycles. The second-order valence-corrected chi connectivity index (χ2v) is 8.30. The van der Waals surface area contributed by atoms with E-state index in [-0.39, 0.29) is 11.4 Å². The zero-order valence-electron chi connectivity index (χ0n) is 15.1. The maximum absolute atomic E-state index is 6.90. The molecule has 134 valence electrons. The molecule has 4 aliphatic rings. The zero-order chi connectivity index (χ0) is 17.2. The summed E-state index contributed by atoms with van der Waals surface area (Å²) in [7, 11) is 0. The normalized spacial score (nSPS) is 38.0. The number of rotatable bonds is 1. The van der Waals surface area contributed by atoms with E-state index in [1.807, 2.05) is 0 Å². The van der Waals surface area contributed by atoms with Gasteiger partial charge in [0, 0.05) is 30.9 Å². The third kappa shape index (κ3) is 1.80. The molecule has 0 amide bonds. The summed E-state index contributed by atoms with van der Waals surface area (Å²) in [5.41, 5.74) is 2.15. The highest BCUT2D eigenvalue weighted by Gasteiger charge is 2.67. The summed E-state index contributed by atoms with van der Waals surface area (Å²) in [5, 5.41) is 0. The van der Waals surface area contributed by atoms with Crippen molar-refractivity contribution < 1.29 is 9.47 Å². The second-order valence-electron chi connectivity index (χ2n) is 8.30. The molecule has 0 aromatic heterocycles. The Hall–Kier alpha value is -1.84. The van der Waals surface area contributed by atoms with Crippen LogP contribution in [0.2, 0.25) is 0 Å². The van der Waals surface area contributed by atoms with Gasteiger partial charge in [0.2, 0.25) is 0 Å². The van der Waals surface area contributed by atoms with Gasteiger partial charge in [-0.2, -0.15) is 0 Å². The molecule has 2 aromatic rings. The number of nitrogens with zero attached hydrogens (tertiary/aromatic N) is 1. The van der Waals surface area contributed by atoms with Crippen molar-refractivity contribution >= 4 is 0 Å². The average molecular weight is 347 g/mol. The van der Waals surface area contributed by atoms with Crippen LogP contribution in [0.4, 0.5) is 0 Å². The molecule has 1 saturated carbocycles. The molecular formula is C23H25NO2. The van der Waals surface area contributed by atoms with E-state index in [0.717, 1.165) is 31.7 Å². The Balaban J connectivity index is 1.59. The standard InChI is InChI=1S/C23H25NO2/c1-2-8-17(9-3-1)18-16-23-20-11-4-5-12-21(20)26-22(24(23)14-15-25-23)13-7-6-10-19(18)22/h1-5,8-9,11-12,18-19H,6-7,10,13-16H2/t18-,19+,22+,23+/m0/s1. The van der Waals surface area contributed by atoms with Gasteiger partial charge in [0.05, 0.1) is 6.61 Å². The molecule has 6 rings (SSSR count). The fraction of sp³-hybridized carbons (Fsp3) is 0.478. The molecule has 2 saturated heterocycles. The van der Waals surface area contributed by atoms with Gasteiger partial charge in [-0.3, -0.25) is 0 Å². The summed E-state index contributed by atoms with van der Waals surface area (Å²) in [4.78, 5) is 2.60. The van der Waals surface area contributed by atoms with Crippen LogP contribution in [0.25, 0.3) is 0 Å². The monoisotopic (exact) mass is 347 g/mol. The molecule has 3 aliphatic heterocycles. The molecule has 3 fully saturated rings. The number of ether oxygens (including phenoxy) is 2. The first-order valence-corrected chi connectivity index (χ1v) is 10.1. The van der Waals surface area contributed by atoms with Gasteiger partial charge in [-0.1, -0.05) is 55.0 Å². The van der Waals surface area contributed by atoms with Crippen LogP contribution < -0.4 is 4.74 Å². The quantitative estimate of drug-likeness (QED) is 0.750. The zero-order valence-corrected chi connectivity index (χ0v) is 15.1. The van der Waals surface area contributed by atoms with Gasteiger partial charge in [-0.05, 0) is 30.4 Å². The van der Waals surface area contributed by atoms with Crippen LogP contribution in [-0.4, -0.2) is 23.8 Å². The van der Waals surface area contributed by atoms with Gasteiger partial charge in [0.1, 0.15) is 5.75 Å².